The minimum absolute atomic E-state index is 0.164. The Morgan fingerprint density at radius 1 is 1.26 bits per heavy atom. The third kappa shape index (κ3) is 3.49. The molecule has 2 aromatic carbocycles. The molecule has 0 unspecified atom stereocenters. The molecule has 0 saturated carbocycles. The van der Waals surface area contributed by atoms with Gasteiger partial charge in [0.1, 0.15) is 12.4 Å². The van der Waals surface area contributed by atoms with Gasteiger partial charge in [-0.25, -0.2) is 4.79 Å². The average Bonchev–Trinajstić information content (AvgIpc) is 2.39. The van der Waals surface area contributed by atoms with Crippen molar-refractivity contribution in [3.8, 4) is 5.75 Å². The molecule has 0 heterocycles. The van der Waals surface area contributed by atoms with Crippen LogP contribution in [0.4, 0.5) is 0 Å². The third-order valence-corrected chi connectivity index (χ3v) is 3.58. The van der Waals surface area contributed by atoms with E-state index in [1.165, 1.54) is 6.07 Å². The zero-order chi connectivity index (χ0) is 13.8. The third-order valence-electron chi connectivity index (χ3n) is 2.52. The van der Waals surface area contributed by atoms with Gasteiger partial charge in [-0.1, -0.05) is 29.8 Å². The number of halogens is 2. The van der Waals surface area contributed by atoms with Crippen LogP contribution in [0.15, 0.2) is 46.9 Å². The second-order valence-corrected chi connectivity index (χ2v) is 5.09. The number of carboxylic acid groups (broad SMARTS) is 1. The first-order chi connectivity index (χ1) is 9.08. The van der Waals surface area contributed by atoms with Crippen LogP contribution in [0.5, 0.6) is 5.75 Å². The summed E-state index contributed by atoms with van der Waals surface area (Å²) < 4.78 is 6.07. The van der Waals surface area contributed by atoms with E-state index in [0.717, 1.165) is 5.56 Å². The normalized spacial score (nSPS) is 10.2. The van der Waals surface area contributed by atoms with Gasteiger partial charge in [0, 0.05) is 15.1 Å². The Balaban J connectivity index is 2.14. The topological polar surface area (TPSA) is 46.5 Å². The van der Waals surface area contributed by atoms with E-state index in [0.29, 0.717) is 21.9 Å². The molecule has 0 amide bonds. The van der Waals surface area contributed by atoms with Crippen LogP contribution in [0.1, 0.15) is 15.9 Å². The number of hydrogen-bond acceptors (Lipinski definition) is 2. The van der Waals surface area contributed by atoms with Crippen LogP contribution < -0.4 is 4.74 Å². The van der Waals surface area contributed by atoms with Crippen molar-refractivity contribution in [3.63, 3.8) is 0 Å². The Morgan fingerprint density at radius 2 is 2.00 bits per heavy atom. The van der Waals surface area contributed by atoms with Gasteiger partial charge in [-0.3, -0.25) is 0 Å². The zero-order valence-corrected chi connectivity index (χ0v) is 12.1. The summed E-state index contributed by atoms with van der Waals surface area (Å²) in [6, 6.07) is 12.2. The first-order valence-corrected chi connectivity index (χ1v) is 6.64. The van der Waals surface area contributed by atoms with E-state index in [1.54, 1.807) is 18.2 Å². The lowest BCUT2D eigenvalue weighted by atomic mass is 10.2. The van der Waals surface area contributed by atoms with Crippen LogP contribution >= 0.6 is 27.5 Å². The Kier molecular flexibility index (Phi) is 4.45. The zero-order valence-electron chi connectivity index (χ0n) is 9.77. The largest absolute Gasteiger partial charge is 0.489 e. The summed E-state index contributed by atoms with van der Waals surface area (Å²) >= 11 is 9.20. The fourth-order valence-electron chi connectivity index (χ4n) is 1.53. The van der Waals surface area contributed by atoms with Crippen LogP contribution in [0.25, 0.3) is 0 Å². The van der Waals surface area contributed by atoms with Crippen LogP contribution in [0.3, 0.4) is 0 Å². The van der Waals surface area contributed by atoms with E-state index in [4.69, 9.17) is 21.4 Å². The standard InChI is InChI=1S/C14H10BrClO3/c15-12-6-5-10(7-11(12)14(17)18)19-8-9-3-1-2-4-13(9)16/h1-7H,8H2,(H,17,18). The van der Waals surface area contributed by atoms with Gasteiger partial charge in [-0.05, 0) is 40.2 Å². The summed E-state index contributed by atoms with van der Waals surface area (Å²) in [5, 5.41) is 9.64. The van der Waals surface area contributed by atoms with E-state index in [1.807, 2.05) is 18.2 Å². The smallest absolute Gasteiger partial charge is 0.336 e. The second kappa shape index (κ2) is 6.08. The molecule has 2 rings (SSSR count). The van der Waals surface area contributed by atoms with Crippen LogP contribution in [-0.2, 0) is 6.61 Å². The molecule has 5 heteroatoms. The number of carboxylic acids is 1. The maximum Gasteiger partial charge on any atom is 0.336 e. The quantitative estimate of drug-likeness (QED) is 0.897. The Labute approximate surface area is 123 Å². The molecule has 0 atom stereocenters. The lowest BCUT2D eigenvalue weighted by Crippen LogP contribution is -2.00. The van der Waals surface area contributed by atoms with Crippen LogP contribution in [0, 0.1) is 0 Å². The number of ether oxygens (including phenoxy) is 1. The van der Waals surface area contributed by atoms with E-state index < -0.39 is 5.97 Å². The number of carbonyl (C=O) groups is 1. The number of aromatic carboxylic acids is 1. The monoisotopic (exact) mass is 340 g/mol. The summed E-state index contributed by atoms with van der Waals surface area (Å²) in [6.07, 6.45) is 0. The van der Waals surface area contributed by atoms with Crippen LogP contribution in [0.2, 0.25) is 5.02 Å². The maximum atomic E-state index is 11.0. The van der Waals surface area contributed by atoms with Crippen molar-refractivity contribution in [2.45, 2.75) is 6.61 Å². The highest BCUT2D eigenvalue weighted by Crippen LogP contribution is 2.24. The predicted octanol–water partition coefficient (Wildman–Crippen LogP) is 4.38. The lowest BCUT2D eigenvalue weighted by molar-refractivity contribution is 0.0695. The molecule has 0 saturated heterocycles. The average molecular weight is 342 g/mol. The molecule has 3 nitrogen and oxygen atoms in total. The van der Waals surface area contributed by atoms with Crippen LogP contribution in [-0.4, -0.2) is 11.1 Å². The summed E-state index contributed by atoms with van der Waals surface area (Å²) in [5.74, 6) is -0.518. The molecule has 98 valence electrons. The second-order valence-electron chi connectivity index (χ2n) is 3.83. The van der Waals surface area contributed by atoms with E-state index >= 15 is 0 Å². The van der Waals surface area contributed by atoms with Crippen molar-refractivity contribution in [2.75, 3.05) is 0 Å². The molecule has 19 heavy (non-hydrogen) atoms. The minimum Gasteiger partial charge on any atom is -0.489 e. The highest BCUT2D eigenvalue weighted by molar-refractivity contribution is 9.10. The Hall–Kier alpha value is -1.52. The van der Waals surface area contributed by atoms with Crippen molar-refractivity contribution in [1.82, 2.24) is 0 Å². The van der Waals surface area contributed by atoms with Gasteiger partial charge >= 0.3 is 5.97 Å². The summed E-state index contributed by atoms with van der Waals surface area (Å²) in [7, 11) is 0. The number of hydrogen-bond donors (Lipinski definition) is 1. The number of benzene rings is 2. The van der Waals surface area contributed by atoms with Crippen molar-refractivity contribution in [3.05, 3.63) is 63.1 Å². The molecule has 1 N–H and O–H groups in total. The predicted molar refractivity (Wildman–Crippen MR) is 76.9 cm³/mol. The van der Waals surface area contributed by atoms with Crippen molar-refractivity contribution < 1.29 is 14.6 Å². The van der Waals surface area contributed by atoms with Gasteiger partial charge in [-0.2, -0.15) is 0 Å². The molecule has 0 aliphatic rings. The van der Waals surface area contributed by atoms with Gasteiger partial charge in [0.15, 0.2) is 0 Å². The van der Waals surface area contributed by atoms with Gasteiger partial charge in [0.2, 0.25) is 0 Å². The Bertz CT molecular complexity index is 613. The van der Waals surface area contributed by atoms with Gasteiger partial charge < -0.3 is 9.84 Å². The number of rotatable bonds is 4. The van der Waals surface area contributed by atoms with E-state index in [2.05, 4.69) is 15.9 Å². The molecule has 0 aliphatic heterocycles. The highest BCUT2D eigenvalue weighted by atomic mass is 79.9. The SMILES string of the molecule is O=C(O)c1cc(OCc2ccccc2Cl)ccc1Br. The summed E-state index contributed by atoms with van der Waals surface area (Å²) in [5.41, 5.74) is 1.01. The van der Waals surface area contributed by atoms with E-state index in [-0.39, 0.29) is 5.56 Å². The molecule has 0 fully saturated rings. The van der Waals surface area contributed by atoms with Crippen molar-refractivity contribution in [1.29, 1.82) is 0 Å². The minimum atomic E-state index is -1.00. The fraction of sp³-hybridized carbons (Fsp3) is 0.0714. The first kappa shape index (κ1) is 13.9. The molecule has 0 aromatic heterocycles. The molecule has 0 bridgehead atoms. The molecule has 0 aliphatic carbocycles. The fourth-order valence-corrected chi connectivity index (χ4v) is 2.14. The Morgan fingerprint density at radius 3 is 2.68 bits per heavy atom. The molecule has 0 spiro atoms. The highest BCUT2D eigenvalue weighted by Gasteiger charge is 2.10. The summed E-state index contributed by atoms with van der Waals surface area (Å²) in [4.78, 5) is 11.0. The van der Waals surface area contributed by atoms with E-state index in [9.17, 15) is 4.79 Å². The maximum absolute atomic E-state index is 11.0. The molecular formula is C14H10BrClO3. The van der Waals surface area contributed by atoms with Gasteiger partial charge in [0.25, 0.3) is 0 Å². The first-order valence-electron chi connectivity index (χ1n) is 5.47. The van der Waals surface area contributed by atoms with Crippen molar-refractivity contribution in [2.24, 2.45) is 0 Å². The van der Waals surface area contributed by atoms with Crippen molar-refractivity contribution >= 4 is 33.5 Å². The van der Waals surface area contributed by atoms with Gasteiger partial charge in [-0.15, -0.1) is 0 Å². The molecular weight excluding hydrogens is 332 g/mol. The lowest BCUT2D eigenvalue weighted by Gasteiger charge is -2.09. The molecule has 0 radical (unpaired) electrons. The molecule has 2 aromatic rings. The summed E-state index contributed by atoms with van der Waals surface area (Å²) in [6.45, 7) is 0.292. The van der Waals surface area contributed by atoms with Gasteiger partial charge in [0.05, 0.1) is 5.56 Å².